The Kier molecular flexibility index (Phi) is 6.30. The van der Waals surface area contributed by atoms with Gasteiger partial charge in [-0.3, -0.25) is 0 Å². The minimum atomic E-state index is 0.164. The van der Waals surface area contributed by atoms with Crippen LogP contribution in [0.15, 0.2) is 174 Å². The first-order chi connectivity index (χ1) is 24.7. The molecule has 2 heterocycles. The van der Waals surface area contributed by atoms with Gasteiger partial charge in [0.05, 0.1) is 22.1 Å². The van der Waals surface area contributed by atoms with E-state index < -0.39 is 0 Å². The molecule has 8 aromatic carbocycles. The monoisotopic (exact) mass is 642 g/mol. The minimum Gasteiger partial charge on any atom is -0.505 e. The smallest absolute Gasteiger partial charge is 0.150 e. The molecule has 0 aliphatic carbocycles. The maximum atomic E-state index is 11.7. The van der Waals surface area contributed by atoms with Gasteiger partial charge in [-0.05, 0) is 70.6 Å². The largest absolute Gasteiger partial charge is 0.505 e. The summed E-state index contributed by atoms with van der Waals surface area (Å²) in [6, 6.07) is 58.8. The number of benzene rings is 8. The fourth-order valence-corrected chi connectivity index (χ4v) is 7.61. The Morgan fingerprint density at radius 2 is 1.10 bits per heavy atom. The van der Waals surface area contributed by atoms with Crippen molar-refractivity contribution in [3.8, 4) is 33.7 Å². The molecule has 2 N–H and O–H groups in total. The number of aromatic nitrogens is 1. The van der Waals surface area contributed by atoms with E-state index in [0.29, 0.717) is 16.7 Å². The van der Waals surface area contributed by atoms with Crippen molar-refractivity contribution in [3.63, 3.8) is 0 Å². The molecule has 0 spiro atoms. The number of nitrogens with zero attached hydrogens (tertiary/aromatic N) is 1. The summed E-state index contributed by atoms with van der Waals surface area (Å²) in [6.07, 6.45) is 0. The van der Waals surface area contributed by atoms with E-state index >= 15 is 0 Å². The fraction of sp³-hybridized carbons (Fsp3) is 0. The Labute approximate surface area is 288 Å². The van der Waals surface area contributed by atoms with Crippen LogP contribution in [0.4, 0.5) is 11.4 Å². The quantitative estimate of drug-likeness (QED) is 0.184. The van der Waals surface area contributed by atoms with Crippen LogP contribution in [0.25, 0.3) is 82.5 Å². The van der Waals surface area contributed by atoms with Crippen LogP contribution in [0.3, 0.4) is 0 Å². The molecule has 0 amide bonds. The van der Waals surface area contributed by atoms with E-state index in [1.165, 1.54) is 38.2 Å². The third-order valence-electron chi connectivity index (χ3n) is 9.87. The lowest BCUT2D eigenvalue weighted by atomic mass is 9.95. The van der Waals surface area contributed by atoms with E-state index in [2.05, 4.69) is 131 Å². The van der Waals surface area contributed by atoms with E-state index in [1.54, 1.807) is 0 Å². The number of anilines is 2. The predicted molar refractivity (Wildman–Crippen MR) is 208 cm³/mol. The second-order valence-electron chi connectivity index (χ2n) is 12.7. The Balaban J connectivity index is 1.12. The van der Waals surface area contributed by atoms with Gasteiger partial charge in [0, 0.05) is 38.5 Å². The van der Waals surface area contributed by atoms with Gasteiger partial charge in [0.15, 0.2) is 5.75 Å². The van der Waals surface area contributed by atoms with Gasteiger partial charge in [0.2, 0.25) is 0 Å². The van der Waals surface area contributed by atoms with Gasteiger partial charge >= 0.3 is 0 Å². The lowest BCUT2D eigenvalue weighted by Crippen LogP contribution is -1.97. The molecule has 236 valence electrons. The summed E-state index contributed by atoms with van der Waals surface area (Å²) in [5.74, 6) is 0.164. The summed E-state index contributed by atoms with van der Waals surface area (Å²) < 4.78 is 8.70. The first-order valence-electron chi connectivity index (χ1n) is 16.8. The molecule has 10 aromatic rings. The number of phenolic OH excluding ortho intramolecular Hbond substituents is 1. The number of para-hydroxylation sites is 2. The second kappa shape index (κ2) is 11.1. The van der Waals surface area contributed by atoms with Crippen LogP contribution in [-0.4, -0.2) is 9.67 Å². The summed E-state index contributed by atoms with van der Waals surface area (Å²) in [5, 5.41) is 21.7. The van der Waals surface area contributed by atoms with Crippen LogP contribution in [0.1, 0.15) is 0 Å². The molecule has 0 unspecified atom stereocenters. The first-order valence-corrected chi connectivity index (χ1v) is 16.8. The molecule has 0 atom stereocenters. The van der Waals surface area contributed by atoms with E-state index in [1.807, 2.05) is 48.5 Å². The van der Waals surface area contributed by atoms with E-state index in [9.17, 15) is 5.11 Å². The van der Waals surface area contributed by atoms with E-state index in [0.717, 1.165) is 39.0 Å². The number of phenols is 1. The SMILES string of the molecule is Oc1c(Nc2ccc(-n3c4ccccc4c4cc(-c5ccccc5)c5ccccc5c43)cc2)cc(-c2ccccc2)c2oc3ccccc3c12. The maximum Gasteiger partial charge on any atom is 0.150 e. The Morgan fingerprint density at radius 1 is 0.500 bits per heavy atom. The van der Waals surface area contributed by atoms with Crippen molar-refractivity contribution in [1.29, 1.82) is 0 Å². The topological polar surface area (TPSA) is 50.3 Å². The summed E-state index contributed by atoms with van der Waals surface area (Å²) in [4.78, 5) is 0. The molecular formula is C46H30N2O2. The number of furan rings is 1. The first kappa shape index (κ1) is 28.3. The highest BCUT2D eigenvalue weighted by molar-refractivity contribution is 6.22. The molecular weight excluding hydrogens is 613 g/mol. The molecule has 2 aromatic heterocycles. The van der Waals surface area contributed by atoms with Gasteiger partial charge in [-0.1, -0.05) is 121 Å². The number of hydrogen-bond acceptors (Lipinski definition) is 3. The van der Waals surface area contributed by atoms with Crippen molar-refractivity contribution in [1.82, 2.24) is 4.57 Å². The second-order valence-corrected chi connectivity index (χ2v) is 12.7. The fourth-order valence-electron chi connectivity index (χ4n) is 7.61. The van der Waals surface area contributed by atoms with Crippen molar-refractivity contribution < 1.29 is 9.52 Å². The van der Waals surface area contributed by atoms with Gasteiger partial charge < -0.3 is 19.4 Å². The highest BCUT2D eigenvalue weighted by Gasteiger charge is 2.21. The molecule has 0 aliphatic heterocycles. The van der Waals surface area contributed by atoms with Gasteiger partial charge in [-0.25, -0.2) is 0 Å². The number of nitrogens with one attached hydrogen (secondary N) is 1. The van der Waals surface area contributed by atoms with Crippen LogP contribution in [-0.2, 0) is 0 Å². The maximum absolute atomic E-state index is 11.7. The van der Waals surface area contributed by atoms with Crippen molar-refractivity contribution in [2.75, 3.05) is 5.32 Å². The molecule has 0 saturated heterocycles. The molecule has 10 rings (SSSR count). The summed E-state index contributed by atoms with van der Waals surface area (Å²) in [6.45, 7) is 0. The Bertz CT molecular complexity index is 2890. The van der Waals surface area contributed by atoms with Crippen LogP contribution in [0.2, 0.25) is 0 Å². The zero-order chi connectivity index (χ0) is 33.2. The standard InChI is InChI=1S/C46H30N2O2/c49-45-40(28-38(30-15-5-2-6-16-30)46-43(45)36-20-10-12-22-42(36)50-46)47-31-23-25-32(26-24-31)48-41-21-11-9-18-34(41)39-27-37(29-13-3-1-4-14-29)33-17-7-8-19-35(33)44(39)48/h1-28,47,49H. The number of hydrogen-bond donors (Lipinski definition) is 2. The summed E-state index contributed by atoms with van der Waals surface area (Å²) in [5.41, 5.74) is 10.7. The lowest BCUT2D eigenvalue weighted by molar-refractivity contribution is 0.484. The van der Waals surface area contributed by atoms with Gasteiger partial charge in [0.25, 0.3) is 0 Å². The van der Waals surface area contributed by atoms with Gasteiger partial charge in [0.1, 0.15) is 11.2 Å². The van der Waals surface area contributed by atoms with Gasteiger partial charge in [-0.2, -0.15) is 0 Å². The van der Waals surface area contributed by atoms with Crippen molar-refractivity contribution in [2.45, 2.75) is 0 Å². The average molecular weight is 643 g/mol. The Hall–Kier alpha value is -6.78. The number of fused-ring (bicyclic) bond motifs is 8. The van der Waals surface area contributed by atoms with Crippen LogP contribution >= 0.6 is 0 Å². The zero-order valence-electron chi connectivity index (χ0n) is 27.0. The van der Waals surface area contributed by atoms with Crippen LogP contribution in [0.5, 0.6) is 5.75 Å². The van der Waals surface area contributed by atoms with E-state index in [-0.39, 0.29) is 5.75 Å². The van der Waals surface area contributed by atoms with Crippen molar-refractivity contribution in [2.24, 2.45) is 0 Å². The predicted octanol–water partition coefficient (Wildman–Crippen LogP) is 12.6. The molecule has 0 bridgehead atoms. The molecule has 50 heavy (non-hydrogen) atoms. The molecule has 4 nitrogen and oxygen atoms in total. The highest BCUT2D eigenvalue weighted by Crippen LogP contribution is 2.46. The van der Waals surface area contributed by atoms with E-state index in [4.69, 9.17) is 4.42 Å². The lowest BCUT2D eigenvalue weighted by Gasteiger charge is -2.15. The molecule has 0 saturated carbocycles. The molecule has 0 aliphatic rings. The zero-order valence-corrected chi connectivity index (χ0v) is 27.0. The van der Waals surface area contributed by atoms with Crippen molar-refractivity contribution >= 4 is 65.9 Å². The van der Waals surface area contributed by atoms with Crippen LogP contribution in [0, 0.1) is 0 Å². The third-order valence-corrected chi connectivity index (χ3v) is 9.87. The third kappa shape index (κ3) is 4.32. The summed E-state index contributed by atoms with van der Waals surface area (Å²) >= 11 is 0. The average Bonchev–Trinajstić information content (AvgIpc) is 3.73. The molecule has 4 heteroatoms. The summed E-state index contributed by atoms with van der Waals surface area (Å²) in [7, 11) is 0. The number of aromatic hydroxyl groups is 1. The normalized spacial score (nSPS) is 11.7. The minimum absolute atomic E-state index is 0.164. The highest BCUT2D eigenvalue weighted by atomic mass is 16.3. The van der Waals surface area contributed by atoms with Crippen molar-refractivity contribution in [3.05, 3.63) is 170 Å². The molecule has 0 radical (unpaired) electrons. The number of rotatable bonds is 5. The van der Waals surface area contributed by atoms with Gasteiger partial charge in [-0.15, -0.1) is 0 Å². The van der Waals surface area contributed by atoms with Crippen LogP contribution < -0.4 is 5.32 Å². The Morgan fingerprint density at radius 3 is 1.84 bits per heavy atom. The molecule has 0 fully saturated rings.